The van der Waals surface area contributed by atoms with E-state index in [-0.39, 0.29) is 5.78 Å². The van der Waals surface area contributed by atoms with Gasteiger partial charge in [-0.1, -0.05) is 54.6 Å². The molecule has 3 heteroatoms. The molecule has 0 aliphatic carbocycles. The van der Waals surface area contributed by atoms with Crippen molar-refractivity contribution in [2.45, 2.75) is 6.92 Å². The molecule has 23 heavy (non-hydrogen) atoms. The van der Waals surface area contributed by atoms with Crippen LogP contribution < -0.4 is 0 Å². The lowest BCUT2D eigenvalue weighted by atomic mass is 9.97. The highest BCUT2D eigenvalue weighted by atomic mass is 16.1. The molecule has 0 fully saturated rings. The van der Waals surface area contributed by atoms with E-state index in [9.17, 15) is 10.1 Å². The number of nitrogens with zero attached hydrogens (tertiary/aromatic N) is 2. The molecule has 1 aromatic heterocycles. The molecule has 0 radical (unpaired) electrons. The zero-order valence-electron chi connectivity index (χ0n) is 13.1. The first kappa shape index (κ1) is 14.8. The van der Waals surface area contributed by atoms with Crippen LogP contribution in [-0.2, 0) is 7.05 Å². The van der Waals surface area contributed by atoms with Crippen molar-refractivity contribution in [1.82, 2.24) is 4.57 Å². The van der Waals surface area contributed by atoms with Crippen LogP contribution in [0.2, 0.25) is 0 Å². The average molecular weight is 300 g/mol. The fourth-order valence-corrected chi connectivity index (χ4v) is 2.89. The lowest BCUT2D eigenvalue weighted by Crippen LogP contribution is -2.02. The van der Waals surface area contributed by atoms with E-state index in [1.807, 2.05) is 42.5 Å². The molecule has 0 N–H and O–H groups in total. The van der Waals surface area contributed by atoms with Crippen LogP contribution in [0.1, 0.15) is 23.0 Å². The Kier molecular flexibility index (Phi) is 3.82. The van der Waals surface area contributed by atoms with Crippen molar-refractivity contribution in [3.63, 3.8) is 0 Å². The molecule has 3 nitrogen and oxygen atoms in total. The third kappa shape index (κ3) is 2.67. The van der Waals surface area contributed by atoms with Gasteiger partial charge in [0, 0.05) is 25.7 Å². The zero-order valence-corrected chi connectivity index (χ0v) is 13.1. The van der Waals surface area contributed by atoms with Crippen LogP contribution in [0.4, 0.5) is 0 Å². The van der Waals surface area contributed by atoms with Crippen molar-refractivity contribution in [2.24, 2.45) is 7.05 Å². The van der Waals surface area contributed by atoms with E-state index >= 15 is 0 Å². The molecule has 0 amide bonds. The van der Waals surface area contributed by atoms with E-state index in [1.54, 1.807) is 17.8 Å². The number of carbonyl (C=O) groups excluding carboxylic acids is 1. The summed E-state index contributed by atoms with van der Waals surface area (Å²) in [5.74, 6) is -0.0452. The molecule has 3 rings (SSSR count). The van der Waals surface area contributed by atoms with E-state index in [1.165, 1.54) is 6.92 Å². The number of rotatable bonds is 3. The molecule has 0 unspecified atom stereocenters. The molecule has 0 aliphatic rings. The summed E-state index contributed by atoms with van der Waals surface area (Å²) in [6, 6.07) is 20.2. The summed E-state index contributed by atoms with van der Waals surface area (Å²) in [5, 5.41) is 9.36. The van der Waals surface area contributed by atoms with E-state index in [2.05, 4.69) is 18.2 Å². The van der Waals surface area contributed by atoms with Crippen LogP contribution in [0.5, 0.6) is 0 Å². The Labute approximate surface area is 135 Å². The minimum atomic E-state index is -0.0452. The number of ketones is 1. The quantitative estimate of drug-likeness (QED) is 0.672. The van der Waals surface area contributed by atoms with Crippen LogP contribution in [0, 0.1) is 11.3 Å². The van der Waals surface area contributed by atoms with Gasteiger partial charge in [0.25, 0.3) is 0 Å². The maximum absolute atomic E-state index is 11.9. The minimum absolute atomic E-state index is 0.0452. The van der Waals surface area contributed by atoms with Gasteiger partial charge in [0.2, 0.25) is 0 Å². The van der Waals surface area contributed by atoms with E-state index < -0.39 is 0 Å². The van der Waals surface area contributed by atoms with Gasteiger partial charge >= 0.3 is 0 Å². The second-order valence-electron chi connectivity index (χ2n) is 5.49. The SMILES string of the molecule is CC(=O)c1c(-c2ccc(-c3ccccc3)cc2)c(C#N)cn1C. The van der Waals surface area contributed by atoms with Gasteiger partial charge in [-0.2, -0.15) is 5.26 Å². The molecule has 2 aromatic carbocycles. The monoisotopic (exact) mass is 300 g/mol. The minimum Gasteiger partial charge on any atom is -0.346 e. The maximum Gasteiger partial charge on any atom is 0.176 e. The van der Waals surface area contributed by atoms with Crippen LogP contribution in [0.3, 0.4) is 0 Å². The maximum atomic E-state index is 11.9. The molecular weight excluding hydrogens is 284 g/mol. The zero-order chi connectivity index (χ0) is 16.4. The predicted octanol–water partition coefficient (Wildman–Crippen LogP) is 4.43. The standard InChI is InChI=1S/C20H16N2O/c1-14(23)20-19(18(12-21)13-22(20)2)17-10-8-16(9-11-17)15-6-4-3-5-7-15/h3-11,13H,1-2H3. The Morgan fingerprint density at radius 1 is 0.957 bits per heavy atom. The fourth-order valence-electron chi connectivity index (χ4n) is 2.89. The van der Waals surface area contributed by atoms with Crippen molar-refractivity contribution < 1.29 is 4.79 Å². The third-order valence-corrected chi connectivity index (χ3v) is 3.92. The predicted molar refractivity (Wildman–Crippen MR) is 91.0 cm³/mol. The lowest BCUT2D eigenvalue weighted by Gasteiger charge is -2.07. The van der Waals surface area contributed by atoms with Crippen molar-refractivity contribution in [3.8, 4) is 28.3 Å². The number of carbonyl (C=O) groups is 1. The van der Waals surface area contributed by atoms with Crippen LogP contribution >= 0.6 is 0 Å². The smallest absolute Gasteiger partial charge is 0.176 e. The molecule has 0 bridgehead atoms. The van der Waals surface area contributed by atoms with Gasteiger partial charge in [-0.25, -0.2) is 0 Å². The summed E-state index contributed by atoms with van der Waals surface area (Å²) in [4.78, 5) is 11.9. The van der Waals surface area contributed by atoms with Crippen molar-refractivity contribution >= 4 is 5.78 Å². The van der Waals surface area contributed by atoms with Gasteiger partial charge in [0.05, 0.1) is 11.3 Å². The number of Topliss-reactive ketones (excluding diaryl/α,β-unsaturated/α-hetero) is 1. The molecule has 3 aromatic rings. The first-order valence-corrected chi connectivity index (χ1v) is 7.38. The number of aromatic nitrogens is 1. The Morgan fingerprint density at radius 3 is 2.09 bits per heavy atom. The highest BCUT2D eigenvalue weighted by Gasteiger charge is 2.19. The van der Waals surface area contributed by atoms with E-state index in [4.69, 9.17) is 0 Å². The summed E-state index contributed by atoms with van der Waals surface area (Å²) < 4.78 is 1.72. The lowest BCUT2D eigenvalue weighted by molar-refractivity contribution is 0.101. The van der Waals surface area contributed by atoms with Gasteiger partial charge in [-0.05, 0) is 16.7 Å². The Balaban J connectivity index is 2.10. The summed E-state index contributed by atoms with van der Waals surface area (Å²) in [5.41, 5.74) is 4.92. The van der Waals surface area contributed by atoms with Crippen molar-refractivity contribution in [1.29, 1.82) is 5.26 Å². The molecule has 0 saturated heterocycles. The molecule has 0 spiro atoms. The normalized spacial score (nSPS) is 10.3. The average Bonchev–Trinajstić information content (AvgIpc) is 2.92. The third-order valence-electron chi connectivity index (χ3n) is 3.92. The summed E-state index contributed by atoms with van der Waals surface area (Å²) in [6.45, 7) is 1.53. The van der Waals surface area contributed by atoms with Crippen LogP contribution in [0.25, 0.3) is 22.3 Å². The Bertz CT molecular complexity index is 897. The number of hydrogen-bond acceptors (Lipinski definition) is 2. The van der Waals surface area contributed by atoms with Gasteiger partial charge in [0.15, 0.2) is 5.78 Å². The number of nitriles is 1. The largest absolute Gasteiger partial charge is 0.346 e. The highest BCUT2D eigenvalue weighted by Crippen LogP contribution is 2.31. The van der Waals surface area contributed by atoms with Gasteiger partial charge in [-0.15, -0.1) is 0 Å². The highest BCUT2D eigenvalue weighted by molar-refractivity contribution is 6.01. The molecule has 0 atom stereocenters. The number of hydrogen-bond donors (Lipinski definition) is 0. The van der Waals surface area contributed by atoms with Crippen LogP contribution in [0.15, 0.2) is 60.8 Å². The van der Waals surface area contributed by atoms with Crippen LogP contribution in [-0.4, -0.2) is 10.4 Å². The fraction of sp³-hybridized carbons (Fsp3) is 0.100. The molecule has 0 saturated carbocycles. The first-order valence-electron chi connectivity index (χ1n) is 7.38. The first-order chi connectivity index (χ1) is 11.1. The van der Waals surface area contributed by atoms with Gasteiger partial charge in [0.1, 0.15) is 6.07 Å². The molecule has 0 aliphatic heterocycles. The summed E-state index contributed by atoms with van der Waals surface area (Å²) in [7, 11) is 1.79. The topological polar surface area (TPSA) is 45.8 Å². The van der Waals surface area contributed by atoms with E-state index in [0.29, 0.717) is 16.8 Å². The second kappa shape index (κ2) is 5.94. The summed E-state index contributed by atoms with van der Waals surface area (Å²) >= 11 is 0. The van der Waals surface area contributed by atoms with Gasteiger partial charge in [-0.3, -0.25) is 4.79 Å². The van der Waals surface area contributed by atoms with Crippen molar-refractivity contribution in [2.75, 3.05) is 0 Å². The Morgan fingerprint density at radius 2 is 1.52 bits per heavy atom. The molecular formula is C20H16N2O. The van der Waals surface area contributed by atoms with E-state index in [0.717, 1.165) is 16.7 Å². The summed E-state index contributed by atoms with van der Waals surface area (Å²) in [6.07, 6.45) is 1.71. The number of aryl methyl sites for hydroxylation is 1. The second-order valence-corrected chi connectivity index (χ2v) is 5.49. The Hall–Kier alpha value is -3.12. The molecule has 112 valence electrons. The van der Waals surface area contributed by atoms with Crippen molar-refractivity contribution in [3.05, 3.63) is 72.1 Å². The van der Waals surface area contributed by atoms with Gasteiger partial charge < -0.3 is 4.57 Å². The molecule has 1 heterocycles. The number of benzene rings is 2.